The first-order valence-electron chi connectivity index (χ1n) is 8.47. The molecule has 3 rings (SSSR count). The van der Waals surface area contributed by atoms with Crippen LogP contribution in [-0.4, -0.2) is 31.1 Å². The van der Waals surface area contributed by atoms with Crippen LogP contribution < -0.4 is 15.4 Å². The van der Waals surface area contributed by atoms with Crippen molar-refractivity contribution in [3.63, 3.8) is 0 Å². The highest BCUT2D eigenvalue weighted by molar-refractivity contribution is 6.07. The molecule has 0 saturated carbocycles. The number of nitrogens with one attached hydrogen (secondary N) is 2. The Hall–Kier alpha value is -3.87. The largest absolute Gasteiger partial charge is 0.495 e. The Morgan fingerprint density at radius 1 is 0.893 bits per heavy atom. The van der Waals surface area contributed by atoms with Gasteiger partial charge in [0, 0.05) is 6.20 Å². The van der Waals surface area contributed by atoms with Gasteiger partial charge in [0.2, 0.25) is 0 Å². The highest BCUT2D eigenvalue weighted by atomic mass is 16.5. The summed E-state index contributed by atoms with van der Waals surface area (Å²) in [5, 5.41) is 5.85. The van der Waals surface area contributed by atoms with Gasteiger partial charge in [-0.3, -0.25) is 4.79 Å². The van der Waals surface area contributed by atoms with Crippen molar-refractivity contribution in [2.75, 3.05) is 24.9 Å². The average Bonchev–Trinajstić information content (AvgIpc) is 2.74. The molecule has 7 heteroatoms. The Labute approximate surface area is 162 Å². The number of para-hydroxylation sites is 3. The van der Waals surface area contributed by atoms with E-state index in [1.54, 1.807) is 43.5 Å². The highest BCUT2D eigenvalue weighted by Crippen LogP contribution is 2.26. The molecule has 0 saturated heterocycles. The lowest BCUT2D eigenvalue weighted by Crippen LogP contribution is -2.15. The summed E-state index contributed by atoms with van der Waals surface area (Å²) < 4.78 is 10.0. The summed E-state index contributed by atoms with van der Waals surface area (Å²) in [5.41, 5.74) is 1.77. The number of hydrogen-bond acceptors (Lipinski definition) is 6. The van der Waals surface area contributed by atoms with E-state index in [9.17, 15) is 9.59 Å². The number of rotatable bonds is 6. The smallest absolute Gasteiger partial charge is 0.339 e. The fraction of sp³-hybridized carbons (Fsp3) is 0.0952. The summed E-state index contributed by atoms with van der Waals surface area (Å²) in [7, 11) is 2.88. The maximum atomic E-state index is 12.5. The molecule has 1 aromatic heterocycles. The number of carbonyl (C=O) groups is 2. The van der Waals surface area contributed by atoms with Crippen molar-refractivity contribution in [2.24, 2.45) is 0 Å². The first-order valence-corrected chi connectivity index (χ1v) is 8.47. The molecule has 1 heterocycles. The number of hydrogen-bond donors (Lipinski definition) is 2. The molecule has 7 nitrogen and oxygen atoms in total. The summed E-state index contributed by atoms with van der Waals surface area (Å²) in [6.07, 6.45) is 1.45. The third-order valence-corrected chi connectivity index (χ3v) is 3.98. The van der Waals surface area contributed by atoms with E-state index in [1.165, 1.54) is 13.3 Å². The molecule has 3 aromatic rings. The van der Waals surface area contributed by atoms with Gasteiger partial charge in [-0.2, -0.15) is 0 Å². The highest BCUT2D eigenvalue weighted by Gasteiger charge is 2.14. The van der Waals surface area contributed by atoms with Gasteiger partial charge in [0.25, 0.3) is 5.91 Å². The molecule has 28 heavy (non-hydrogen) atoms. The van der Waals surface area contributed by atoms with Crippen molar-refractivity contribution in [1.29, 1.82) is 0 Å². The second-order valence-electron chi connectivity index (χ2n) is 5.75. The van der Waals surface area contributed by atoms with Crippen LogP contribution in [0.15, 0.2) is 66.9 Å². The second kappa shape index (κ2) is 8.68. The predicted octanol–water partition coefficient (Wildman–Crippen LogP) is 3.87. The number of benzene rings is 2. The summed E-state index contributed by atoms with van der Waals surface area (Å²) in [6, 6.07) is 17.4. The zero-order chi connectivity index (χ0) is 19.9. The second-order valence-corrected chi connectivity index (χ2v) is 5.75. The molecule has 0 atom stereocenters. The predicted molar refractivity (Wildman–Crippen MR) is 106 cm³/mol. The van der Waals surface area contributed by atoms with Crippen LogP contribution in [0.3, 0.4) is 0 Å². The molecule has 2 N–H and O–H groups in total. The van der Waals surface area contributed by atoms with E-state index in [0.29, 0.717) is 22.8 Å². The fourth-order valence-corrected chi connectivity index (χ4v) is 2.56. The minimum Gasteiger partial charge on any atom is -0.495 e. The average molecular weight is 377 g/mol. The van der Waals surface area contributed by atoms with Crippen molar-refractivity contribution in [3.8, 4) is 5.75 Å². The molecule has 0 radical (unpaired) electrons. The Morgan fingerprint density at radius 3 is 2.29 bits per heavy atom. The number of nitrogens with zero attached hydrogens (tertiary/aromatic N) is 1. The number of ether oxygens (including phenoxy) is 2. The Kier molecular flexibility index (Phi) is 5.86. The zero-order valence-corrected chi connectivity index (χ0v) is 15.4. The number of pyridine rings is 1. The van der Waals surface area contributed by atoms with Crippen LogP contribution in [0.4, 0.5) is 17.2 Å². The molecule has 0 spiro atoms. The van der Waals surface area contributed by atoms with E-state index in [2.05, 4.69) is 15.6 Å². The lowest BCUT2D eigenvalue weighted by molar-refractivity contribution is 0.0602. The minimum atomic E-state index is -0.523. The van der Waals surface area contributed by atoms with Gasteiger partial charge < -0.3 is 20.1 Å². The third kappa shape index (κ3) is 4.27. The van der Waals surface area contributed by atoms with Crippen molar-refractivity contribution >= 4 is 29.1 Å². The lowest BCUT2D eigenvalue weighted by Gasteiger charge is -2.11. The van der Waals surface area contributed by atoms with Gasteiger partial charge in [-0.05, 0) is 36.4 Å². The van der Waals surface area contributed by atoms with Crippen LogP contribution in [0.1, 0.15) is 20.7 Å². The quantitative estimate of drug-likeness (QED) is 0.634. The standard InChI is InChI=1S/C21H19N3O4/c1-27-18-10-6-5-9-17(18)23-19-12-11-14(13-22-19)20(25)24-16-8-4-3-7-15(16)21(26)28-2/h3-13H,1-2H3,(H,22,23)(H,24,25). The van der Waals surface area contributed by atoms with E-state index < -0.39 is 5.97 Å². The summed E-state index contributed by atoms with van der Waals surface area (Å²) >= 11 is 0. The maximum absolute atomic E-state index is 12.5. The SMILES string of the molecule is COC(=O)c1ccccc1NC(=O)c1ccc(Nc2ccccc2OC)nc1. The van der Waals surface area contributed by atoms with Crippen molar-refractivity contribution in [3.05, 3.63) is 78.0 Å². The first-order chi connectivity index (χ1) is 13.6. The van der Waals surface area contributed by atoms with Crippen LogP contribution in [0, 0.1) is 0 Å². The number of anilines is 3. The van der Waals surface area contributed by atoms with Crippen LogP contribution in [0.5, 0.6) is 5.75 Å². The van der Waals surface area contributed by atoms with Gasteiger partial charge in [0.15, 0.2) is 0 Å². The van der Waals surface area contributed by atoms with Crippen molar-refractivity contribution < 1.29 is 19.1 Å². The molecule has 142 valence electrons. The van der Waals surface area contributed by atoms with Crippen molar-refractivity contribution in [1.82, 2.24) is 4.98 Å². The number of esters is 1. The number of carbonyl (C=O) groups excluding carboxylic acids is 2. The number of amides is 1. The Balaban J connectivity index is 1.73. The van der Waals surface area contributed by atoms with E-state index in [-0.39, 0.29) is 11.5 Å². The van der Waals surface area contributed by atoms with Gasteiger partial charge in [0.1, 0.15) is 11.6 Å². The van der Waals surface area contributed by atoms with Crippen LogP contribution in [-0.2, 0) is 4.74 Å². The molecule has 0 aliphatic heterocycles. The molecule has 0 fully saturated rings. The zero-order valence-electron chi connectivity index (χ0n) is 15.4. The first kappa shape index (κ1) is 18.9. The molecule has 0 unspecified atom stereocenters. The van der Waals surface area contributed by atoms with Gasteiger partial charge in [0.05, 0.1) is 36.7 Å². The molecule has 0 aliphatic rings. The Morgan fingerprint density at radius 2 is 1.61 bits per heavy atom. The monoisotopic (exact) mass is 377 g/mol. The van der Waals surface area contributed by atoms with Crippen LogP contribution in [0.2, 0.25) is 0 Å². The summed E-state index contributed by atoms with van der Waals surface area (Å²) in [4.78, 5) is 28.6. The van der Waals surface area contributed by atoms with E-state index in [1.807, 2.05) is 24.3 Å². The molecular weight excluding hydrogens is 358 g/mol. The van der Waals surface area contributed by atoms with E-state index in [4.69, 9.17) is 9.47 Å². The van der Waals surface area contributed by atoms with Gasteiger partial charge >= 0.3 is 5.97 Å². The summed E-state index contributed by atoms with van der Waals surface area (Å²) in [5.74, 6) is 0.347. The molecular formula is C21H19N3O4. The van der Waals surface area contributed by atoms with E-state index >= 15 is 0 Å². The maximum Gasteiger partial charge on any atom is 0.339 e. The topological polar surface area (TPSA) is 89.5 Å². The van der Waals surface area contributed by atoms with Crippen LogP contribution in [0.25, 0.3) is 0 Å². The fourth-order valence-electron chi connectivity index (χ4n) is 2.56. The van der Waals surface area contributed by atoms with E-state index in [0.717, 1.165) is 5.69 Å². The van der Waals surface area contributed by atoms with Gasteiger partial charge in [-0.15, -0.1) is 0 Å². The number of aromatic nitrogens is 1. The number of methoxy groups -OCH3 is 2. The Bertz CT molecular complexity index is 987. The van der Waals surface area contributed by atoms with Crippen LogP contribution >= 0.6 is 0 Å². The van der Waals surface area contributed by atoms with Crippen molar-refractivity contribution in [2.45, 2.75) is 0 Å². The molecule has 0 aliphatic carbocycles. The normalized spacial score (nSPS) is 10.1. The molecule has 2 aromatic carbocycles. The molecule has 0 bridgehead atoms. The molecule has 1 amide bonds. The summed E-state index contributed by atoms with van der Waals surface area (Å²) in [6.45, 7) is 0. The van der Waals surface area contributed by atoms with Gasteiger partial charge in [-0.25, -0.2) is 9.78 Å². The minimum absolute atomic E-state index is 0.278. The lowest BCUT2D eigenvalue weighted by atomic mass is 10.1. The van der Waals surface area contributed by atoms with Gasteiger partial charge in [-0.1, -0.05) is 24.3 Å². The third-order valence-electron chi connectivity index (χ3n) is 3.98.